The van der Waals surface area contributed by atoms with E-state index in [2.05, 4.69) is 42.5 Å². The quantitative estimate of drug-likeness (QED) is 0.457. The molecular weight excluding hydrogens is 527 g/mol. The van der Waals surface area contributed by atoms with Gasteiger partial charge in [0.1, 0.15) is 0 Å². The highest BCUT2D eigenvalue weighted by Gasteiger charge is 2.13. The number of carbonyl (C=O) groups is 3. The molecule has 6 nitrogen and oxygen atoms in total. The number of carbonyl (C=O) groups excluding carboxylic acids is 3. The standard InChI is InChI=1S/C20H19Br2ClN2O4/c1-11-9-13(21)3-5-15(11)24-17(26)7-8-19(28)29-10-18(27)25-16-6-4-14(22)20(23)12(16)2/h3-6,9H,7-8,10H2,1-2H3,(H,24,26)(H,25,27). The van der Waals surface area contributed by atoms with Crippen LogP contribution in [0.1, 0.15) is 24.0 Å². The molecule has 0 spiro atoms. The van der Waals surface area contributed by atoms with E-state index in [0.717, 1.165) is 14.5 Å². The maximum absolute atomic E-state index is 12.0. The van der Waals surface area contributed by atoms with Crippen LogP contribution >= 0.6 is 43.5 Å². The van der Waals surface area contributed by atoms with E-state index in [-0.39, 0.29) is 18.7 Å². The second-order valence-corrected chi connectivity index (χ2v) is 8.40. The molecule has 0 aliphatic carbocycles. The van der Waals surface area contributed by atoms with Crippen molar-refractivity contribution in [1.82, 2.24) is 0 Å². The highest BCUT2D eigenvalue weighted by Crippen LogP contribution is 2.30. The van der Waals surface area contributed by atoms with Gasteiger partial charge in [-0.2, -0.15) is 0 Å². The largest absolute Gasteiger partial charge is 0.456 e. The van der Waals surface area contributed by atoms with Crippen LogP contribution in [0.15, 0.2) is 39.3 Å². The molecule has 154 valence electrons. The molecule has 0 bridgehead atoms. The average molecular weight is 547 g/mol. The Bertz CT molecular complexity index is 950. The van der Waals surface area contributed by atoms with Gasteiger partial charge in [0.2, 0.25) is 5.91 Å². The van der Waals surface area contributed by atoms with E-state index in [1.807, 2.05) is 19.1 Å². The van der Waals surface area contributed by atoms with Crippen molar-refractivity contribution in [3.63, 3.8) is 0 Å². The van der Waals surface area contributed by atoms with Gasteiger partial charge in [-0.1, -0.05) is 27.5 Å². The minimum atomic E-state index is -0.631. The first-order chi connectivity index (χ1) is 13.7. The van der Waals surface area contributed by atoms with Crippen LogP contribution < -0.4 is 10.6 Å². The minimum Gasteiger partial charge on any atom is -0.456 e. The van der Waals surface area contributed by atoms with Gasteiger partial charge in [0.25, 0.3) is 5.91 Å². The predicted octanol–water partition coefficient (Wildman–Crippen LogP) is 5.38. The van der Waals surface area contributed by atoms with Crippen molar-refractivity contribution in [2.24, 2.45) is 0 Å². The fourth-order valence-corrected chi connectivity index (χ4v) is 3.46. The zero-order valence-corrected chi connectivity index (χ0v) is 19.7. The van der Waals surface area contributed by atoms with Crippen LogP contribution in [-0.4, -0.2) is 24.4 Å². The maximum atomic E-state index is 12.0. The van der Waals surface area contributed by atoms with Crippen LogP contribution in [0.2, 0.25) is 5.02 Å². The first kappa shape index (κ1) is 23.4. The second kappa shape index (κ2) is 10.8. The number of amides is 2. The summed E-state index contributed by atoms with van der Waals surface area (Å²) in [4.78, 5) is 35.8. The van der Waals surface area contributed by atoms with E-state index in [1.165, 1.54) is 0 Å². The minimum absolute atomic E-state index is 0.0443. The zero-order chi connectivity index (χ0) is 21.6. The molecule has 0 radical (unpaired) electrons. The topological polar surface area (TPSA) is 84.5 Å². The number of benzene rings is 2. The van der Waals surface area contributed by atoms with E-state index < -0.39 is 18.5 Å². The molecule has 2 aromatic rings. The summed E-state index contributed by atoms with van der Waals surface area (Å²) in [6.45, 7) is 3.19. The molecule has 0 heterocycles. The Morgan fingerprint density at radius 2 is 1.62 bits per heavy atom. The third-order valence-corrected chi connectivity index (χ3v) is 5.87. The van der Waals surface area contributed by atoms with Gasteiger partial charge in [-0.25, -0.2) is 0 Å². The second-order valence-electron chi connectivity index (χ2n) is 6.25. The monoisotopic (exact) mass is 544 g/mol. The molecule has 0 saturated carbocycles. The predicted molar refractivity (Wildman–Crippen MR) is 120 cm³/mol. The number of halogens is 3. The first-order valence-corrected chi connectivity index (χ1v) is 10.6. The Morgan fingerprint density at radius 1 is 0.966 bits per heavy atom. The Labute approximate surface area is 190 Å². The summed E-state index contributed by atoms with van der Waals surface area (Å²) in [5.74, 6) is -1.43. The van der Waals surface area contributed by atoms with Crippen molar-refractivity contribution in [1.29, 1.82) is 0 Å². The van der Waals surface area contributed by atoms with Crippen LogP contribution in [0.4, 0.5) is 11.4 Å². The third kappa shape index (κ3) is 7.13. The summed E-state index contributed by atoms with van der Waals surface area (Å²) < 4.78 is 6.56. The molecule has 2 rings (SSSR count). The first-order valence-electron chi connectivity index (χ1n) is 8.63. The highest BCUT2D eigenvalue weighted by atomic mass is 79.9. The lowest BCUT2D eigenvalue weighted by Crippen LogP contribution is -2.22. The van der Waals surface area contributed by atoms with Gasteiger partial charge in [-0.15, -0.1) is 0 Å². The van der Waals surface area contributed by atoms with Crippen molar-refractivity contribution in [3.05, 3.63) is 55.4 Å². The van der Waals surface area contributed by atoms with Crippen LogP contribution in [0, 0.1) is 13.8 Å². The van der Waals surface area contributed by atoms with Crippen molar-refractivity contribution >= 4 is 72.6 Å². The summed E-state index contributed by atoms with van der Waals surface area (Å²) in [7, 11) is 0. The normalized spacial score (nSPS) is 10.4. The molecule has 0 saturated heterocycles. The van der Waals surface area contributed by atoms with Crippen LogP contribution in [0.25, 0.3) is 0 Å². The van der Waals surface area contributed by atoms with Crippen LogP contribution in [-0.2, 0) is 19.1 Å². The van der Waals surface area contributed by atoms with Crippen LogP contribution in [0.5, 0.6) is 0 Å². The summed E-state index contributed by atoms with van der Waals surface area (Å²) in [6.07, 6.45) is -0.171. The van der Waals surface area contributed by atoms with Crippen molar-refractivity contribution in [2.45, 2.75) is 26.7 Å². The summed E-state index contributed by atoms with van der Waals surface area (Å²) >= 11 is 12.8. The van der Waals surface area contributed by atoms with Gasteiger partial charge in [0, 0.05) is 26.7 Å². The Balaban J connectivity index is 1.76. The van der Waals surface area contributed by atoms with E-state index in [0.29, 0.717) is 22.0 Å². The molecule has 29 heavy (non-hydrogen) atoms. The molecule has 2 amide bonds. The highest BCUT2D eigenvalue weighted by molar-refractivity contribution is 9.10. The summed E-state index contributed by atoms with van der Waals surface area (Å²) in [6, 6.07) is 8.87. The lowest BCUT2D eigenvalue weighted by Gasteiger charge is -2.11. The lowest BCUT2D eigenvalue weighted by atomic mass is 10.2. The number of hydrogen-bond acceptors (Lipinski definition) is 4. The number of esters is 1. The van der Waals surface area contributed by atoms with Gasteiger partial charge in [-0.3, -0.25) is 14.4 Å². The smallest absolute Gasteiger partial charge is 0.306 e. The van der Waals surface area contributed by atoms with Gasteiger partial charge in [-0.05, 0) is 71.2 Å². The SMILES string of the molecule is Cc1cc(Br)ccc1NC(=O)CCC(=O)OCC(=O)Nc1ccc(Br)c(Cl)c1C. The van der Waals surface area contributed by atoms with Crippen LogP contribution in [0.3, 0.4) is 0 Å². The number of nitrogens with one attached hydrogen (secondary N) is 2. The fraction of sp³-hybridized carbons (Fsp3) is 0.250. The third-order valence-electron chi connectivity index (χ3n) is 4.00. The van der Waals surface area contributed by atoms with Crippen molar-refractivity contribution in [3.8, 4) is 0 Å². The summed E-state index contributed by atoms with van der Waals surface area (Å²) in [5.41, 5.74) is 2.80. The molecule has 0 atom stereocenters. The maximum Gasteiger partial charge on any atom is 0.306 e. The van der Waals surface area contributed by atoms with Crippen molar-refractivity contribution in [2.75, 3.05) is 17.2 Å². The van der Waals surface area contributed by atoms with E-state index in [9.17, 15) is 14.4 Å². The van der Waals surface area contributed by atoms with E-state index in [4.69, 9.17) is 16.3 Å². The fourth-order valence-electron chi connectivity index (χ4n) is 2.39. The number of aryl methyl sites for hydroxylation is 1. The Hall–Kier alpha value is -1.90. The molecule has 2 aromatic carbocycles. The molecule has 0 unspecified atom stereocenters. The van der Waals surface area contributed by atoms with Gasteiger partial charge in [0.15, 0.2) is 6.61 Å². The zero-order valence-electron chi connectivity index (χ0n) is 15.8. The molecule has 0 aliphatic rings. The summed E-state index contributed by atoms with van der Waals surface area (Å²) in [5, 5.41) is 5.87. The molecule has 9 heteroatoms. The van der Waals surface area contributed by atoms with Gasteiger partial charge >= 0.3 is 5.97 Å². The Morgan fingerprint density at radius 3 is 2.31 bits per heavy atom. The number of ether oxygens (including phenoxy) is 1. The molecule has 0 aromatic heterocycles. The molecule has 2 N–H and O–H groups in total. The van der Waals surface area contributed by atoms with E-state index >= 15 is 0 Å². The van der Waals surface area contributed by atoms with E-state index in [1.54, 1.807) is 25.1 Å². The lowest BCUT2D eigenvalue weighted by molar-refractivity contribution is -0.147. The average Bonchev–Trinajstić information content (AvgIpc) is 2.67. The number of rotatable bonds is 7. The Kier molecular flexibility index (Phi) is 8.67. The molecule has 0 fully saturated rings. The number of hydrogen-bond donors (Lipinski definition) is 2. The van der Waals surface area contributed by atoms with Gasteiger partial charge in [0.05, 0.1) is 11.4 Å². The van der Waals surface area contributed by atoms with Crippen molar-refractivity contribution < 1.29 is 19.1 Å². The molecule has 0 aliphatic heterocycles. The molecular formula is C20H19Br2ClN2O4. The number of anilines is 2. The van der Waals surface area contributed by atoms with Gasteiger partial charge < -0.3 is 15.4 Å².